The van der Waals surface area contributed by atoms with Crippen molar-refractivity contribution in [2.24, 2.45) is 0 Å². The van der Waals surface area contributed by atoms with Gasteiger partial charge in [-0.05, 0) is 19.1 Å². The third-order valence-electron chi connectivity index (χ3n) is 1.99. The van der Waals surface area contributed by atoms with E-state index in [0.29, 0.717) is 6.61 Å². The lowest BCUT2D eigenvalue weighted by atomic mass is 10.3. The van der Waals surface area contributed by atoms with Crippen LogP contribution in [0, 0.1) is 0 Å². The van der Waals surface area contributed by atoms with Crippen LogP contribution in [0.15, 0.2) is 24.3 Å². The van der Waals surface area contributed by atoms with Gasteiger partial charge in [-0.2, -0.15) is 0 Å². The molecule has 1 aromatic carbocycles. The first-order valence-corrected chi connectivity index (χ1v) is 5.15. The molecule has 1 amide bonds. The van der Waals surface area contributed by atoms with Crippen molar-refractivity contribution >= 4 is 5.91 Å². The van der Waals surface area contributed by atoms with Gasteiger partial charge in [-0.15, -0.1) is 0 Å². The molecule has 0 saturated carbocycles. The number of amides is 1. The summed E-state index contributed by atoms with van der Waals surface area (Å²) in [6, 6.07) is 7.36. The highest BCUT2D eigenvalue weighted by molar-refractivity contribution is 5.73. The van der Waals surface area contributed by atoms with Crippen LogP contribution in [0.4, 0.5) is 0 Å². The molecule has 0 aromatic heterocycles. The van der Waals surface area contributed by atoms with Gasteiger partial charge in [-0.3, -0.25) is 4.79 Å². The van der Waals surface area contributed by atoms with Crippen LogP contribution in [0.3, 0.4) is 0 Å². The second-order valence-corrected chi connectivity index (χ2v) is 3.59. The van der Waals surface area contributed by atoms with Gasteiger partial charge >= 0.3 is 0 Å². The van der Waals surface area contributed by atoms with E-state index in [2.05, 4.69) is 5.32 Å². The molecule has 4 nitrogen and oxygen atoms in total. The highest BCUT2D eigenvalue weighted by Gasteiger charge is 2.04. The minimum atomic E-state index is -0.0539. The normalized spacial score (nSPS) is 11.7. The quantitative estimate of drug-likeness (QED) is 0.824. The van der Waals surface area contributed by atoms with Crippen molar-refractivity contribution in [2.75, 3.05) is 13.7 Å². The molecule has 0 bridgehead atoms. The molecule has 88 valence electrons. The minimum absolute atomic E-state index is 0.0105. The SMILES string of the molecule is COc1cccc(OC[C@@H](C)NC(C)=O)c1. The van der Waals surface area contributed by atoms with Gasteiger partial charge < -0.3 is 14.8 Å². The zero-order valence-corrected chi connectivity index (χ0v) is 9.82. The van der Waals surface area contributed by atoms with Gasteiger partial charge in [0.25, 0.3) is 0 Å². The number of benzene rings is 1. The monoisotopic (exact) mass is 223 g/mol. The zero-order chi connectivity index (χ0) is 12.0. The van der Waals surface area contributed by atoms with E-state index in [1.165, 1.54) is 6.92 Å². The topological polar surface area (TPSA) is 47.6 Å². The van der Waals surface area contributed by atoms with E-state index in [1.807, 2.05) is 25.1 Å². The highest BCUT2D eigenvalue weighted by atomic mass is 16.5. The molecule has 0 saturated heterocycles. The second kappa shape index (κ2) is 6.00. The Hall–Kier alpha value is -1.71. The van der Waals surface area contributed by atoms with Gasteiger partial charge in [-0.25, -0.2) is 0 Å². The van der Waals surface area contributed by atoms with Crippen molar-refractivity contribution < 1.29 is 14.3 Å². The fourth-order valence-corrected chi connectivity index (χ4v) is 1.30. The molecule has 1 aromatic rings. The molecule has 1 rings (SSSR count). The van der Waals surface area contributed by atoms with E-state index in [9.17, 15) is 4.79 Å². The highest BCUT2D eigenvalue weighted by Crippen LogP contribution is 2.18. The summed E-state index contributed by atoms with van der Waals surface area (Å²) in [5.41, 5.74) is 0. The molecule has 0 unspecified atom stereocenters. The molecule has 4 heteroatoms. The van der Waals surface area contributed by atoms with E-state index < -0.39 is 0 Å². The molecule has 1 N–H and O–H groups in total. The van der Waals surface area contributed by atoms with Crippen LogP contribution in [-0.4, -0.2) is 25.7 Å². The molecule has 0 spiro atoms. The summed E-state index contributed by atoms with van der Waals surface area (Å²) in [5, 5.41) is 2.75. The Morgan fingerprint density at radius 3 is 2.75 bits per heavy atom. The molecule has 0 heterocycles. The molecular formula is C12H17NO3. The number of ether oxygens (including phenoxy) is 2. The predicted molar refractivity (Wildman–Crippen MR) is 61.8 cm³/mol. The standard InChI is InChI=1S/C12H17NO3/c1-9(13-10(2)14)8-16-12-6-4-5-11(7-12)15-3/h4-7,9H,8H2,1-3H3,(H,13,14)/t9-/m1/s1. The van der Waals surface area contributed by atoms with Gasteiger partial charge in [0.15, 0.2) is 0 Å². The van der Waals surface area contributed by atoms with Crippen LogP contribution < -0.4 is 14.8 Å². The van der Waals surface area contributed by atoms with Crippen molar-refractivity contribution in [3.8, 4) is 11.5 Å². The Morgan fingerprint density at radius 2 is 2.12 bits per heavy atom. The molecule has 0 aliphatic rings. The third kappa shape index (κ3) is 4.21. The number of nitrogens with one attached hydrogen (secondary N) is 1. The second-order valence-electron chi connectivity index (χ2n) is 3.59. The average molecular weight is 223 g/mol. The fourth-order valence-electron chi connectivity index (χ4n) is 1.30. The molecular weight excluding hydrogens is 206 g/mol. The van der Waals surface area contributed by atoms with E-state index in [4.69, 9.17) is 9.47 Å². The summed E-state index contributed by atoms with van der Waals surface area (Å²) in [7, 11) is 1.61. The van der Waals surface area contributed by atoms with Crippen LogP contribution in [0.5, 0.6) is 11.5 Å². The Bertz CT molecular complexity index is 352. The zero-order valence-electron chi connectivity index (χ0n) is 9.82. The van der Waals surface area contributed by atoms with Crippen molar-refractivity contribution in [1.82, 2.24) is 5.32 Å². The van der Waals surface area contributed by atoms with E-state index in [1.54, 1.807) is 13.2 Å². The first-order valence-electron chi connectivity index (χ1n) is 5.15. The molecule has 0 aliphatic carbocycles. The maximum absolute atomic E-state index is 10.8. The maximum atomic E-state index is 10.8. The molecule has 0 radical (unpaired) electrons. The van der Waals surface area contributed by atoms with E-state index >= 15 is 0 Å². The van der Waals surface area contributed by atoms with Crippen LogP contribution >= 0.6 is 0 Å². The van der Waals surface area contributed by atoms with Gasteiger partial charge in [-0.1, -0.05) is 6.07 Å². The summed E-state index contributed by atoms with van der Waals surface area (Å²) in [4.78, 5) is 10.8. The molecule has 1 atom stereocenters. The number of rotatable bonds is 5. The van der Waals surface area contributed by atoms with Crippen LogP contribution in [0.25, 0.3) is 0 Å². The van der Waals surface area contributed by atoms with Crippen molar-refractivity contribution in [3.05, 3.63) is 24.3 Å². The predicted octanol–water partition coefficient (Wildman–Crippen LogP) is 1.60. The average Bonchev–Trinajstić information content (AvgIpc) is 2.26. The van der Waals surface area contributed by atoms with Crippen LogP contribution in [0.2, 0.25) is 0 Å². The summed E-state index contributed by atoms with van der Waals surface area (Å²) >= 11 is 0. The Labute approximate surface area is 95.6 Å². The first kappa shape index (κ1) is 12.4. The summed E-state index contributed by atoms with van der Waals surface area (Å²) in [6.07, 6.45) is 0. The van der Waals surface area contributed by atoms with Gasteiger partial charge in [0.1, 0.15) is 18.1 Å². The number of hydrogen-bond donors (Lipinski definition) is 1. The number of methoxy groups -OCH3 is 1. The van der Waals surface area contributed by atoms with E-state index in [0.717, 1.165) is 11.5 Å². The molecule has 16 heavy (non-hydrogen) atoms. The van der Waals surface area contributed by atoms with E-state index in [-0.39, 0.29) is 11.9 Å². The lowest BCUT2D eigenvalue weighted by Crippen LogP contribution is -2.35. The van der Waals surface area contributed by atoms with Crippen molar-refractivity contribution in [3.63, 3.8) is 0 Å². The summed E-state index contributed by atoms with van der Waals surface area (Å²) in [5.74, 6) is 1.43. The smallest absolute Gasteiger partial charge is 0.217 e. The van der Waals surface area contributed by atoms with Crippen molar-refractivity contribution in [2.45, 2.75) is 19.9 Å². The van der Waals surface area contributed by atoms with Crippen molar-refractivity contribution in [1.29, 1.82) is 0 Å². The van der Waals surface area contributed by atoms with Gasteiger partial charge in [0.2, 0.25) is 5.91 Å². The first-order chi connectivity index (χ1) is 7.61. The summed E-state index contributed by atoms with van der Waals surface area (Å²) in [6.45, 7) is 3.82. The number of carbonyl (C=O) groups is 1. The lowest BCUT2D eigenvalue weighted by Gasteiger charge is -2.14. The van der Waals surface area contributed by atoms with Gasteiger partial charge in [0, 0.05) is 13.0 Å². The Kier molecular flexibility index (Phi) is 4.64. The Morgan fingerprint density at radius 1 is 1.44 bits per heavy atom. The molecule has 0 aliphatic heterocycles. The minimum Gasteiger partial charge on any atom is -0.497 e. The van der Waals surface area contributed by atoms with Gasteiger partial charge in [0.05, 0.1) is 13.2 Å². The molecule has 0 fully saturated rings. The lowest BCUT2D eigenvalue weighted by molar-refractivity contribution is -0.119. The Balaban J connectivity index is 2.44. The van der Waals surface area contributed by atoms with Crippen LogP contribution in [0.1, 0.15) is 13.8 Å². The van der Waals surface area contributed by atoms with Crippen LogP contribution in [-0.2, 0) is 4.79 Å². The third-order valence-corrected chi connectivity index (χ3v) is 1.99. The largest absolute Gasteiger partial charge is 0.497 e. The number of carbonyl (C=O) groups excluding carboxylic acids is 1. The number of hydrogen-bond acceptors (Lipinski definition) is 3. The fraction of sp³-hybridized carbons (Fsp3) is 0.417. The maximum Gasteiger partial charge on any atom is 0.217 e. The summed E-state index contributed by atoms with van der Waals surface area (Å²) < 4.78 is 10.6.